The van der Waals surface area contributed by atoms with Crippen LogP contribution < -0.4 is 15.4 Å². The highest BCUT2D eigenvalue weighted by molar-refractivity contribution is 5.79. The fourth-order valence-corrected chi connectivity index (χ4v) is 2.22. The van der Waals surface area contributed by atoms with Crippen molar-refractivity contribution in [2.24, 2.45) is 4.99 Å². The molecule has 7 heteroatoms. The zero-order valence-corrected chi connectivity index (χ0v) is 16.5. The molecule has 148 valence electrons. The van der Waals surface area contributed by atoms with Crippen LogP contribution in [0.25, 0.3) is 0 Å². The molecule has 6 nitrogen and oxygen atoms in total. The number of oxazole rings is 1. The number of nitrogens with one attached hydrogen (secondary N) is 2. The van der Waals surface area contributed by atoms with E-state index in [9.17, 15) is 4.39 Å². The Morgan fingerprint density at radius 1 is 1.22 bits per heavy atom. The number of aliphatic imine (C=N–C) groups is 1. The van der Waals surface area contributed by atoms with E-state index in [0.717, 1.165) is 18.7 Å². The summed E-state index contributed by atoms with van der Waals surface area (Å²) in [5, 5.41) is 6.44. The van der Waals surface area contributed by atoms with Crippen LogP contribution in [-0.4, -0.2) is 30.6 Å². The Morgan fingerprint density at radius 2 is 1.96 bits per heavy atom. The van der Waals surface area contributed by atoms with Crippen LogP contribution in [0.5, 0.6) is 5.75 Å². The average molecular weight is 376 g/mol. The van der Waals surface area contributed by atoms with Crippen molar-refractivity contribution in [3.05, 3.63) is 47.9 Å². The minimum atomic E-state index is -0.267. The number of hydrogen-bond donors (Lipinski definition) is 2. The minimum absolute atomic E-state index is 0.0672. The van der Waals surface area contributed by atoms with Gasteiger partial charge in [0.1, 0.15) is 23.9 Å². The minimum Gasteiger partial charge on any atom is -0.494 e. The maximum absolute atomic E-state index is 12.8. The predicted molar refractivity (Wildman–Crippen MR) is 105 cm³/mol. The second kappa shape index (κ2) is 9.94. The summed E-state index contributed by atoms with van der Waals surface area (Å²) in [5.74, 6) is 2.54. The largest absolute Gasteiger partial charge is 0.494 e. The van der Waals surface area contributed by atoms with E-state index in [4.69, 9.17) is 9.15 Å². The monoisotopic (exact) mass is 376 g/mol. The molecular formula is C20H29FN4O2. The second-order valence-corrected chi connectivity index (χ2v) is 7.15. The van der Waals surface area contributed by atoms with Crippen molar-refractivity contribution in [3.8, 4) is 5.75 Å². The van der Waals surface area contributed by atoms with Gasteiger partial charge in [-0.15, -0.1) is 0 Å². The molecular weight excluding hydrogens is 347 g/mol. The highest BCUT2D eigenvalue weighted by atomic mass is 19.1. The van der Waals surface area contributed by atoms with Gasteiger partial charge in [0.2, 0.25) is 5.89 Å². The molecule has 0 unspecified atom stereocenters. The van der Waals surface area contributed by atoms with Crippen molar-refractivity contribution < 1.29 is 13.5 Å². The van der Waals surface area contributed by atoms with Crippen LogP contribution in [0.15, 0.2) is 39.9 Å². The molecule has 0 saturated carbocycles. The number of hydrogen-bond acceptors (Lipinski definition) is 4. The first kappa shape index (κ1) is 20.7. The Bertz CT molecular complexity index is 720. The lowest BCUT2D eigenvalue weighted by molar-refractivity contribution is 0.310. The SMILES string of the molecule is CCNC(=NCc1ncc(C(C)(C)C)o1)NCCCOc1ccc(F)cc1. The van der Waals surface area contributed by atoms with Gasteiger partial charge in [-0.25, -0.2) is 14.4 Å². The van der Waals surface area contributed by atoms with E-state index in [0.29, 0.717) is 37.3 Å². The molecule has 1 aromatic carbocycles. The molecule has 0 saturated heterocycles. The third kappa shape index (κ3) is 7.29. The van der Waals surface area contributed by atoms with Crippen molar-refractivity contribution in [3.63, 3.8) is 0 Å². The summed E-state index contributed by atoms with van der Waals surface area (Å²) in [6.07, 6.45) is 2.55. The van der Waals surface area contributed by atoms with Gasteiger partial charge in [-0.1, -0.05) is 20.8 Å². The molecule has 0 atom stereocenters. The molecule has 2 aromatic rings. The first-order chi connectivity index (χ1) is 12.9. The molecule has 0 radical (unpaired) electrons. The molecule has 27 heavy (non-hydrogen) atoms. The zero-order chi connectivity index (χ0) is 19.7. The van der Waals surface area contributed by atoms with Crippen molar-refractivity contribution in [1.29, 1.82) is 0 Å². The molecule has 0 spiro atoms. The van der Waals surface area contributed by atoms with E-state index in [2.05, 4.69) is 41.4 Å². The normalized spacial score (nSPS) is 12.1. The highest BCUT2D eigenvalue weighted by Crippen LogP contribution is 2.22. The first-order valence-electron chi connectivity index (χ1n) is 9.24. The van der Waals surface area contributed by atoms with Crippen LogP contribution in [0, 0.1) is 5.82 Å². The molecule has 1 heterocycles. The Kier molecular flexibility index (Phi) is 7.64. The Hall–Kier alpha value is -2.57. The summed E-state index contributed by atoms with van der Waals surface area (Å²) in [4.78, 5) is 8.79. The topological polar surface area (TPSA) is 71.7 Å². The van der Waals surface area contributed by atoms with Gasteiger partial charge in [0.25, 0.3) is 0 Å². The maximum atomic E-state index is 12.8. The average Bonchev–Trinajstić information content (AvgIpc) is 3.10. The van der Waals surface area contributed by atoms with Crippen LogP contribution >= 0.6 is 0 Å². The molecule has 0 bridgehead atoms. The lowest BCUT2D eigenvalue weighted by Crippen LogP contribution is -2.38. The summed E-state index contributed by atoms with van der Waals surface area (Å²) < 4.78 is 24.2. The van der Waals surface area contributed by atoms with Crippen LogP contribution in [0.4, 0.5) is 4.39 Å². The second-order valence-electron chi connectivity index (χ2n) is 7.15. The third-order valence-corrected chi connectivity index (χ3v) is 3.71. The summed E-state index contributed by atoms with van der Waals surface area (Å²) in [5.41, 5.74) is -0.0672. The Morgan fingerprint density at radius 3 is 2.59 bits per heavy atom. The third-order valence-electron chi connectivity index (χ3n) is 3.71. The van der Waals surface area contributed by atoms with E-state index >= 15 is 0 Å². The molecule has 2 N–H and O–H groups in total. The summed E-state index contributed by atoms with van der Waals surface area (Å²) in [6, 6.07) is 6.02. The van der Waals surface area contributed by atoms with Gasteiger partial charge in [0.05, 0.1) is 12.8 Å². The van der Waals surface area contributed by atoms with Crippen LogP contribution in [-0.2, 0) is 12.0 Å². The smallest absolute Gasteiger partial charge is 0.216 e. The van der Waals surface area contributed by atoms with Crippen molar-refractivity contribution in [1.82, 2.24) is 15.6 Å². The predicted octanol–water partition coefficient (Wildman–Crippen LogP) is 3.64. The molecule has 0 amide bonds. The summed E-state index contributed by atoms with van der Waals surface area (Å²) in [6.45, 7) is 10.6. The molecule has 1 aromatic heterocycles. The van der Waals surface area contributed by atoms with E-state index < -0.39 is 0 Å². The lowest BCUT2D eigenvalue weighted by Gasteiger charge is -2.13. The number of aromatic nitrogens is 1. The standard InChI is InChI=1S/C20H29FN4O2/c1-5-22-19(25-14-18-24-13-17(27-18)20(2,3)4)23-11-6-12-26-16-9-7-15(21)8-10-16/h7-10,13H,5-6,11-12,14H2,1-4H3,(H2,22,23,25). The van der Waals surface area contributed by atoms with Crippen LogP contribution in [0.3, 0.4) is 0 Å². The molecule has 2 rings (SSSR count). The van der Waals surface area contributed by atoms with Gasteiger partial charge >= 0.3 is 0 Å². The summed E-state index contributed by atoms with van der Waals surface area (Å²) >= 11 is 0. The van der Waals surface area contributed by atoms with Crippen molar-refractivity contribution in [2.75, 3.05) is 19.7 Å². The fourth-order valence-electron chi connectivity index (χ4n) is 2.22. The van der Waals surface area contributed by atoms with Crippen LogP contribution in [0.2, 0.25) is 0 Å². The Balaban J connectivity index is 1.76. The van der Waals surface area contributed by atoms with E-state index in [1.165, 1.54) is 12.1 Å². The van der Waals surface area contributed by atoms with Crippen molar-refractivity contribution in [2.45, 2.75) is 46.1 Å². The number of rotatable bonds is 8. The zero-order valence-electron chi connectivity index (χ0n) is 16.5. The van der Waals surface area contributed by atoms with Gasteiger partial charge in [-0.05, 0) is 37.6 Å². The number of halogens is 1. The maximum Gasteiger partial charge on any atom is 0.216 e. The fraction of sp³-hybridized carbons (Fsp3) is 0.500. The van der Waals surface area contributed by atoms with Crippen molar-refractivity contribution >= 4 is 5.96 Å². The van der Waals surface area contributed by atoms with E-state index in [1.54, 1.807) is 18.3 Å². The Labute approximate surface area is 160 Å². The molecule has 0 aliphatic heterocycles. The highest BCUT2D eigenvalue weighted by Gasteiger charge is 2.18. The number of nitrogens with zero attached hydrogens (tertiary/aromatic N) is 2. The van der Waals surface area contributed by atoms with Gasteiger partial charge in [0.15, 0.2) is 5.96 Å². The van der Waals surface area contributed by atoms with Gasteiger partial charge in [0, 0.05) is 18.5 Å². The molecule has 0 aliphatic rings. The summed E-state index contributed by atoms with van der Waals surface area (Å²) in [7, 11) is 0. The van der Waals surface area contributed by atoms with E-state index in [1.807, 2.05) is 6.92 Å². The molecule has 0 aliphatic carbocycles. The van der Waals surface area contributed by atoms with Gasteiger partial charge in [-0.2, -0.15) is 0 Å². The van der Waals surface area contributed by atoms with Gasteiger partial charge < -0.3 is 19.8 Å². The lowest BCUT2D eigenvalue weighted by atomic mass is 9.94. The number of ether oxygens (including phenoxy) is 1. The quantitative estimate of drug-likeness (QED) is 0.418. The van der Waals surface area contributed by atoms with E-state index in [-0.39, 0.29) is 11.2 Å². The van der Waals surface area contributed by atoms with Gasteiger partial charge in [-0.3, -0.25) is 0 Å². The molecule has 0 fully saturated rings. The first-order valence-corrected chi connectivity index (χ1v) is 9.24. The number of benzene rings is 1. The van der Waals surface area contributed by atoms with Crippen LogP contribution in [0.1, 0.15) is 45.8 Å². The number of guanidine groups is 1.